The highest BCUT2D eigenvalue weighted by Crippen LogP contribution is 2.53. The van der Waals surface area contributed by atoms with Crippen molar-refractivity contribution >= 4 is 56.1 Å². The van der Waals surface area contributed by atoms with Gasteiger partial charge < -0.3 is 4.74 Å². The Kier molecular flexibility index (Phi) is 4.63. The van der Waals surface area contributed by atoms with Gasteiger partial charge in [0.05, 0.1) is 23.2 Å². The van der Waals surface area contributed by atoms with E-state index in [1.165, 1.54) is 0 Å². The number of ether oxygens (including phenoxy) is 1. The molecule has 0 bridgehead atoms. The molecule has 7 heteroatoms. The third-order valence-electron chi connectivity index (χ3n) is 4.74. The number of halogens is 1. The van der Waals surface area contributed by atoms with Crippen LogP contribution in [0.15, 0.2) is 42.5 Å². The SMILES string of the molecule is COc1ccc2c(c1)N(C(=O)c1cccc(Cl)c1)C(C)(C)c1ssc(=S)c1-2. The summed E-state index contributed by atoms with van der Waals surface area (Å²) in [7, 11) is 4.83. The summed E-state index contributed by atoms with van der Waals surface area (Å²) in [5.41, 5.74) is 2.81. The molecule has 3 aromatic rings. The molecular formula is C20H16ClNO2S3. The molecule has 1 amide bonds. The van der Waals surface area contributed by atoms with Crippen molar-refractivity contribution in [2.24, 2.45) is 0 Å². The predicted molar refractivity (Wildman–Crippen MR) is 116 cm³/mol. The van der Waals surface area contributed by atoms with Crippen molar-refractivity contribution in [2.45, 2.75) is 19.4 Å². The lowest BCUT2D eigenvalue weighted by Gasteiger charge is -2.43. The van der Waals surface area contributed by atoms with Crippen molar-refractivity contribution in [1.29, 1.82) is 0 Å². The second-order valence-electron chi connectivity index (χ2n) is 6.75. The van der Waals surface area contributed by atoms with E-state index in [0.717, 1.165) is 25.5 Å². The van der Waals surface area contributed by atoms with Crippen LogP contribution in [0.1, 0.15) is 29.1 Å². The molecule has 0 radical (unpaired) electrons. The van der Waals surface area contributed by atoms with Crippen LogP contribution in [0, 0.1) is 3.82 Å². The lowest BCUT2D eigenvalue weighted by molar-refractivity contribution is 0.0961. The average Bonchev–Trinajstić information content (AvgIpc) is 3.04. The molecular weight excluding hydrogens is 418 g/mol. The first-order valence-electron chi connectivity index (χ1n) is 8.26. The van der Waals surface area contributed by atoms with Gasteiger partial charge in [-0.15, -0.1) is 0 Å². The van der Waals surface area contributed by atoms with Crippen LogP contribution >= 0.6 is 44.5 Å². The Labute approximate surface area is 175 Å². The number of amides is 1. The molecule has 1 aromatic heterocycles. The van der Waals surface area contributed by atoms with Gasteiger partial charge in [0.25, 0.3) is 5.91 Å². The van der Waals surface area contributed by atoms with Crippen molar-refractivity contribution in [3.63, 3.8) is 0 Å². The molecule has 0 N–H and O–H groups in total. The topological polar surface area (TPSA) is 29.5 Å². The third-order valence-corrected chi connectivity index (χ3v) is 8.30. The Morgan fingerprint density at radius 1 is 1.19 bits per heavy atom. The summed E-state index contributed by atoms with van der Waals surface area (Å²) in [5.74, 6) is 0.591. The van der Waals surface area contributed by atoms with Crippen LogP contribution in [0.3, 0.4) is 0 Å². The molecule has 0 saturated carbocycles. The molecule has 0 fully saturated rings. The maximum atomic E-state index is 13.6. The molecule has 0 atom stereocenters. The molecule has 1 aliphatic rings. The number of methoxy groups -OCH3 is 1. The van der Waals surface area contributed by atoms with Crippen LogP contribution in [-0.2, 0) is 5.54 Å². The summed E-state index contributed by atoms with van der Waals surface area (Å²) in [5, 5.41) is 0.536. The molecule has 2 aromatic carbocycles. The number of carbonyl (C=O) groups excluding carboxylic acids is 1. The van der Waals surface area contributed by atoms with Crippen molar-refractivity contribution in [3.05, 3.63) is 61.8 Å². The Morgan fingerprint density at radius 2 is 1.96 bits per heavy atom. The van der Waals surface area contributed by atoms with Crippen molar-refractivity contribution < 1.29 is 9.53 Å². The van der Waals surface area contributed by atoms with E-state index in [0.29, 0.717) is 16.3 Å². The van der Waals surface area contributed by atoms with E-state index in [-0.39, 0.29) is 5.91 Å². The van der Waals surface area contributed by atoms with Crippen LogP contribution in [0.5, 0.6) is 5.75 Å². The molecule has 0 spiro atoms. The Bertz CT molecular complexity index is 1120. The first-order chi connectivity index (χ1) is 12.8. The normalized spacial score (nSPS) is 14.4. The van der Waals surface area contributed by atoms with Gasteiger partial charge in [-0.1, -0.05) is 50.6 Å². The van der Waals surface area contributed by atoms with Crippen molar-refractivity contribution in [2.75, 3.05) is 12.0 Å². The van der Waals surface area contributed by atoms with E-state index in [1.807, 2.05) is 23.1 Å². The number of fused-ring (bicyclic) bond motifs is 3. The number of anilines is 1. The van der Waals surface area contributed by atoms with Gasteiger partial charge in [-0.25, -0.2) is 0 Å². The maximum absolute atomic E-state index is 13.6. The highest BCUT2D eigenvalue weighted by Gasteiger charge is 2.43. The minimum atomic E-state index is -0.549. The van der Waals surface area contributed by atoms with Gasteiger partial charge >= 0.3 is 0 Å². The molecule has 0 saturated heterocycles. The van der Waals surface area contributed by atoms with Crippen LogP contribution in [0.2, 0.25) is 5.02 Å². The fourth-order valence-corrected chi connectivity index (χ4v) is 6.92. The largest absolute Gasteiger partial charge is 0.497 e. The Balaban J connectivity index is 1.99. The minimum Gasteiger partial charge on any atom is -0.497 e. The zero-order chi connectivity index (χ0) is 19.3. The first kappa shape index (κ1) is 18.6. The molecule has 0 aliphatic carbocycles. The molecule has 2 heterocycles. The summed E-state index contributed by atoms with van der Waals surface area (Å²) in [6.45, 7) is 4.10. The summed E-state index contributed by atoms with van der Waals surface area (Å²) >= 11 is 11.7. The van der Waals surface area contributed by atoms with E-state index < -0.39 is 5.54 Å². The van der Waals surface area contributed by atoms with Gasteiger partial charge in [0.15, 0.2) is 0 Å². The molecule has 27 heavy (non-hydrogen) atoms. The first-order valence-corrected chi connectivity index (χ1v) is 11.2. The maximum Gasteiger partial charge on any atom is 0.259 e. The molecule has 3 nitrogen and oxygen atoms in total. The molecule has 0 unspecified atom stereocenters. The Hall–Kier alpha value is -1.73. The summed E-state index contributed by atoms with van der Waals surface area (Å²) in [4.78, 5) is 16.5. The van der Waals surface area contributed by atoms with E-state index in [2.05, 4.69) is 13.8 Å². The number of carbonyl (C=O) groups is 1. The zero-order valence-corrected chi connectivity index (χ0v) is 18.1. The fraction of sp³-hybridized carbons (Fsp3) is 0.200. The monoisotopic (exact) mass is 433 g/mol. The zero-order valence-electron chi connectivity index (χ0n) is 14.9. The fourth-order valence-electron chi connectivity index (χ4n) is 3.45. The molecule has 138 valence electrons. The number of hydrogen-bond acceptors (Lipinski definition) is 5. The van der Waals surface area contributed by atoms with E-state index in [9.17, 15) is 4.79 Å². The highest BCUT2D eigenvalue weighted by molar-refractivity contribution is 7.80. The van der Waals surface area contributed by atoms with Gasteiger partial charge in [0.1, 0.15) is 9.57 Å². The van der Waals surface area contributed by atoms with Crippen molar-refractivity contribution in [1.82, 2.24) is 0 Å². The van der Waals surface area contributed by atoms with Crippen LogP contribution in [0.25, 0.3) is 11.1 Å². The van der Waals surface area contributed by atoms with Gasteiger partial charge in [0.2, 0.25) is 0 Å². The summed E-state index contributed by atoms with van der Waals surface area (Å²) in [6, 6.07) is 12.8. The van der Waals surface area contributed by atoms with Gasteiger partial charge in [-0.05, 0) is 44.2 Å². The Morgan fingerprint density at radius 3 is 2.67 bits per heavy atom. The number of rotatable bonds is 2. The smallest absolute Gasteiger partial charge is 0.259 e. The van der Waals surface area contributed by atoms with Crippen LogP contribution in [-0.4, -0.2) is 13.0 Å². The second kappa shape index (κ2) is 6.71. The molecule has 4 rings (SSSR count). The lowest BCUT2D eigenvalue weighted by Crippen LogP contribution is -2.47. The van der Waals surface area contributed by atoms with E-state index in [1.54, 1.807) is 52.1 Å². The second-order valence-corrected chi connectivity index (χ2v) is 10.0. The lowest BCUT2D eigenvalue weighted by atomic mass is 9.86. The average molecular weight is 434 g/mol. The summed E-state index contributed by atoms with van der Waals surface area (Å²) < 4.78 is 6.27. The van der Waals surface area contributed by atoms with Crippen molar-refractivity contribution in [3.8, 4) is 16.9 Å². The number of hydrogen-bond donors (Lipinski definition) is 0. The highest BCUT2D eigenvalue weighted by atomic mass is 35.5. The van der Waals surface area contributed by atoms with Crippen LogP contribution in [0.4, 0.5) is 5.69 Å². The third kappa shape index (κ3) is 2.91. The summed E-state index contributed by atoms with van der Waals surface area (Å²) in [6.07, 6.45) is 0. The van der Waals surface area contributed by atoms with Gasteiger partial charge in [-0.2, -0.15) is 0 Å². The number of nitrogens with zero attached hydrogens (tertiary/aromatic N) is 1. The number of benzene rings is 2. The quantitative estimate of drug-likeness (QED) is 0.330. The predicted octanol–water partition coefficient (Wildman–Crippen LogP) is 6.76. The van der Waals surface area contributed by atoms with Gasteiger partial charge in [0, 0.05) is 27.8 Å². The van der Waals surface area contributed by atoms with E-state index in [4.69, 9.17) is 28.6 Å². The van der Waals surface area contributed by atoms with Crippen LogP contribution < -0.4 is 9.64 Å². The van der Waals surface area contributed by atoms with Gasteiger partial charge in [-0.3, -0.25) is 9.69 Å². The molecule has 1 aliphatic heterocycles. The standard InChI is InChI=1S/C20H16ClNO2S3/c1-20(2)17-16(19(25)27-26-17)14-8-7-13(24-3)10-15(14)22(20)18(23)11-5-4-6-12(21)9-11/h4-10H,1-3H3. The van der Waals surface area contributed by atoms with E-state index >= 15 is 0 Å². The minimum absolute atomic E-state index is 0.105.